The average molecular weight is 540 g/mol. The standard InChI is InChI=1S/C23H32N4O3.HI/c1-28-17-11-12-22(30-3)19(15-17)26-23(24)25-16-20(27-13-7-4-8-14-27)18-9-5-6-10-21(18)29-2;/h5-6,9-12,15,20H,4,7-8,13-14,16H2,1-3H3,(H3,24,25,26);1H. The van der Waals surface area contributed by atoms with Gasteiger partial charge >= 0.3 is 0 Å². The van der Waals surface area contributed by atoms with Crippen LogP contribution >= 0.6 is 24.0 Å². The third-order valence-corrected chi connectivity index (χ3v) is 5.43. The summed E-state index contributed by atoms with van der Waals surface area (Å²) in [5, 5.41) is 3.15. The number of para-hydroxylation sites is 1. The SMILES string of the molecule is COc1ccc(OC)c(NC(N)=NCC(c2ccccc2OC)N2CCCCC2)c1.I. The molecule has 1 aliphatic rings. The molecule has 0 amide bonds. The lowest BCUT2D eigenvalue weighted by atomic mass is 10.0. The number of hydrogen-bond donors (Lipinski definition) is 2. The van der Waals surface area contributed by atoms with Crippen molar-refractivity contribution in [1.29, 1.82) is 0 Å². The van der Waals surface area contributed by atoms with E-state index in [1.807, 2.05) is 36.4 Å². The number of likely N-dealkylation sites (tertiary alicyclic amines) is 1. The van der Waals surface area contributed by atoms with Gasteiger partial charge in [-0.2, -0.15) is 0 Å². The maximum Gasteiger partial charge on any atom is 0.193 e. The van der Waals surface area contributed by atoms with Crippen LogP contribution in [0.4, 0.5) is 5.69 Å². The van der Waals surface area contributed by atoms with Crippen LogP contribution in [0.3, 0.4) is 0 Å². The highest BCUT2D eigenvalue weighted by atomic mass is 127. The molecule has 0 aliphatic carbocycles. The molecule has 7 nitrogen and oxygen atoms in total. The van der Waals surface area contributed by atoms with E-state index >= 15 is 0 Å². The third-order valence-electron chi connectivity index (χ3n) is 5.43. The second kappa shape index (κ2) is 12.6. The molecule has 2 aromatic carbocycles. The van der Waals surface area contributed by atoms with Crippen LogP contribution in [0.25, 0.3) is 0 Å². The second-order valence-corrected chi connectivity index (χ2v) is 7.27. The van der Waals surface area contributed by atoms with Gasteiger partial charge in [-0.3, -0.25) is 9.89 Å². The van der Waals surface area contributed by atoms with Gasteiger partial charge in [-0.15, -0.1) is 24.0 Å². The van der Waals surface area contributed by atoms with Crippen molar-refractivity contribution in [3.8, 4) is 17.2 Å². The summed E-state index contributed by atoms with van der Waals surface area (Å²) in [6.07, 6.45) is 3.67. The zero-order chi connectivity index (χ0) is 21.3. The Bertz CT molecular complexity index is 856. The number of nitrogens with two attached hydrogens (primary N) is 1. The molecule has 2 aromatic rings. The van der Waals surface area contributed by atoms with Crippen LogP contribution in [-0.4, -0.2) is 51.8 Å². The van der Waals surface area contributed by atoms with E-state index in [0.29, 0.717) is 29.7 Å². The third kappa shape index (κ3) is 6.64. The molecule has 3 rings (SSSR count). The number of aliphatic imine (C=N–C) groups is 1. The summed E-state index contributed by atoms with van der Waals surface area (Å²) in [6, 6.07) is 13.8. The Hall–Kier alpha value is -2.20. The lowest BCUT2D eigenvalue weighted by molar-refractivity contribution is 0.165. The zero-order valence-electron chi connectivity index (χ0n) is 18.5. The highest BCUT2D eigenvalue weighted by Crippen LogP contribution is 2.32. The monoisotopic (exact) mass is 540 g/mol. The first-order valence-corrected chi connectivity index (χ1v) is 10.3. The number of ether oxygens (including phenoxy) is 3. The predicted octanol–water partition coefficient (Wildman–Crippen LogP) is 4.28. The second-order valence-electron chi connectivity index (χ2n) is 7.27. The lowest BCUT2D eigenvalue weighted by Crippen LogP contribution is -2.36. The molecule has 1 atom stereocenters. The Kier molecular flexibility index (Phi) is 10.2. The highest BCUT2D eigenvalue weighted by molar-refractivity contribution is 14.0. The van der Waals surface area contributed by atoms with Gasteiger partial charge in [-0.1, -0.05) is 24.6 Å². The van der Waals surface area contributed by atoms with Gasteiger partial charge in [0.2, 0.25) is 0 Å². The number of guanidine groups is 1. The Morgan fingerprint density at radius 3 is 2.39 bits per heavy atom. The van der Waals surface area contributed by atoms with E-state index in [4.69, 9.17) is 19.9 Å². The molecule has 1 heterocycles. The molecule has 0 bridgehead atoms. The number of anilines is 1. The van der Waals surface area contributed by atoms with Crippen molar-refractivity contribution in [1.82, 2.24) is 4.90 Å². The molecule has 31 heavy (non-hydrogen) atoms. The largest absolute Gasteiger partial charge is 0.497 e. The topological polar surface area (TPSA) is 81.3 Å². The average Bonchev–Trinajstić information content (AvgIpc) is 2.80. The van der Waals surface area contributed by atoms with Crippen LogP contribution in [0, 0.1) is 0 Å². The number of nitrogens with one attached hydrogen (secondary N) is 1. The number of hydrogen-bond acceptors (Lipinski definition) is 5. The number of methoxy groups -OCH3 is 3. The van der Waals surface area contributed by atoms with Crippen LogP contribution < -0.4 is 25.3 Å². The predicted molar refractivity (Wildman–Crippen MR) is 136 cm³/mol. The quantitative estimate of drug-likeness (QED) is 0.296. The minimum Gasteiger partial charge on any atom is -0.497 e. The number of benzene rings is 2. The Morgan fingerprint density at radius 2 is 1.71 bits per heavy atom. The van der Waals surface area contributed by atoms with E-state index in [-0.39, 0.29) is 30.0 Å². The molecule has 0 radical (unpaired) electrons. The summed E-state index contributed by atoms with van der Waals surface area (Å²) >= 11 is 0. The molecule has 1 aliphatic heterocycles. The van der Waals surface area contributed by atoms with E-state index in [9.17, 15) is 0 Å². The van der Waals surface area contributed by atoms with Gasteiger partial charge in [-0.05, 0) is 44.1 Å². The van der Waals surface area contributed by atoms with Crippen molar-refractivity contribution in [2.75, 3.05) is 46.3 Å². The lowest BCUT2D eigenvalue weighted by Gasteiger charge is -2.34. The van der Waals surface area contributed by atoms with Crippen LogP contribution in [0.15, 0.2) is 47.5 Å². The molecule has 1 saturated heterocycles. The molecule has 1 fully saturated rings. The van der Waals surface area contributed by atoms with Crippen molar-refractivity contribution < 1.29 is 14.2 Å². The maximum absolute atomic E-state index is 6.24. The molecule has 0 aromatic heterocycles. The Balaban J connectivity index is 0.00000341. The summed E-state index contributed by atoms with van der Waals surface area (Å²) < 4.78 is 16.3. The molecule has 170 valence electrons. The normalized spacial score (nSPS) is 15.5. The summed E-state index contributed by atoms with van der Waals surface area (Å²) in [5.74, 6) is 2.60. The number of piperidine rings is 1. The van der Waals surface area contributed by atoms with Crippen LogP contribution in [0.1, 0.15) is 30.9 Å². The summed E-state index contributed by atoms with van der Waals surface area (Å²) in [7, 11) is 4.95. The van der Waals surface area contributed by atoms with Crippen molar-refractivity contribution in [2.24, 2.45) is 10.7 Å². The number of nitrogens with zero attached hydrogens (tertiary/aromatic N) is 2. The van der Waals surface area contributed by atoms with E-state index < -0.39 is 0 Å². The van der Waals surface area contributed by atoms with E-state index in [1.54, 1.807) is 21.3 Å². The molecule has 0 saturated carbocycles. The first kappa shape index (κ1) is 25.1. The van der Waals surface area contributed by atoms with Crippen molar-refractivity contribution in [2.45, 2.75) is 25.3 Å². The first-order valence-electron chi connectivity index (χ1n) is 10.3. The Labute approximate surface area is 202 Å². The molecule has 1 unspecified atom stereocenters. The van der Waals surface area contributed by atoms with E-state index in [1.165, 1.54) is 19.3 Å². The van der Waals surface area contributed by atoms with Crippen LogP contribution in [0.2, 0.25) is 0 Å². The molecule has 3 N–H and O–H groups in total. The minimum atomic E-state index is 0. The number of rotatable bonds is 8. The van der Waals surface area contributed by atoms with Crippen molar-refractivity contribution >= 4 is 35.6 Å². The Morgan fingerprint density at radius 1 is 1.00 bits per heavy atom. The van der Waals surface area contributed by atoms with Gasteiger partial charge < -0.3 is 25.3 Å². The van der Waals surface area contributed by atoms with Gasteiger partial charge in [0.15, 0.2) is 5.96 Å². The van der Waals surface area contributed by atoms with Gasteiger partial charge in [0, 0.05) is 11.6 Å². The molecular weight excluding hydrogens is 507 g/mol. The van der Waals surface area contributed by atoms with Crippen molar-refractivity contribution in [3.63, 3.8) is 0 Å². The minimum absolute atomic E-state index is 0. The fourth-order valence-electron chi connectivity index (χ4n) is 3.86. The maximum atomic E-state index is 6.24. The van der Waals surface area contributed by atoms with Gasteiger partial charge in [0.05, 0.1) is 39.6 Å². The van der Waals surface area contributed by atoms with E-state index in [2.05, 4.69) is 21.3 Å². The van der Waals surface area contributed by atoms with Gasteiger partial charge in [0.25, 0.3) is 0 Å². The molecule has 0 spiro atoms. The summed E-state index contributed by atoms with van der Waals surface area (Å²) in [6.45, 7) is 2.63. The molecule has 8 heteroatoms. The van der Waals surface area contributed by atoms with E-state index in [0.717, 1.165) is 24.4 Å². The molecular formula is C23H33IN4O3. The summed E-state index contributed by atoms with van der Waals surface area (Å²) in [4.78, 5) is 7.14. The van der Waals surface area contributed by atoms with Gasteiger partial charge in [-0.25, -0.2) is 0 Å². The fraction of sp³-hybridized carbons (Fsp3) is 0.435. The first-order chi connectivity index (χ1) is 14.7. The zero-order valence-corrected chi connectivity index (χ0v) is 20.8. The van der Waals surface area contributed by atoms with Gasteiger partial charge in [0.1, 0.15) is 17.2 Å². The highest BCUT2D eigenvalue weighted by Gasteiger charge is 2.24. The number of halogens is 1. The van der Waals surface area contributed by atoms with Crippen molar-refractivity contribution in [3.05, 3.63) is 48.0 Å². The summed E-state index contributed by atoms with van der Waals surface area (Å²) in [5.41, 5.74) is 8.09. The van der Waals surface area contributed by atoms with Crippen LogP contribution in [-0.2, 0) is 0 Å². The van der Waals surface area contributed by atoms with Crippen LogP contribution in [0.5, 0.6) is 17.2 Å². The fourth-order valence-corrected chi connectivity index (χ4v) is 3.86. The smallest absolute Gasteiger partial charge is 0.193 e.